The molecule has 15 atom stereocenters. The van der Waals surface area contributed by atoms with Gasteiger partial charge in [0.2, 0.25) is 65.0 Å². The van der Waals surface area contributed by atoms with E-state index in [0.717, 1.165) is 9.80 Å². The molecule has 12 amide bonds. The number of ether oxygens (including phenoxy) is 2. The van der Waals surface area contributed by atoms with Crippen LogP contribution >= 0.6 is 0 Å². The molecule has 0 radical (unpaired) electrons. The molecule has 3 aliphatic heterocycles. The van der Waals surface area contributed by atoms with Gasteiger partial charge in [0.15, 0.2) is 0 Å². The minimum atomic E-state index is -1.64. The highest BCUT2D eigenvalue weighted by atomic mass is 16.6. The molecule has 3 fully saturated rings. The van der Waals surface area contributed by atoms with Crippen LogP contribution in [0.5, 0.6) is 0 Å². The Morgan fingerprint density at radius 2 is 0.990 bits per heavy atom. The zero-order chi connectivity index (χ0) is 75.7. The van der Waals surface area contributed by atoms with E-state index in [-0.39, 0.29) is 75.4 Å². The summed E-state index contributed by atoms with van der Waals surface area (Å²) in [6.45, 7) is 31.9. The van der Waals surface area contributed by atoms with Gasteiger partial charge < -0.3 is 69.7 Å². The van der Waals surface area contributed by atoms with Gasteiger partial charge in [0.25, 0.3) is 0 Å². The molecule has 564 valence electrons. The molecule has 0 aromatic carbocycles. The van der Waals surface area contributed by atoms with Crippen molar-refractivity contribution in [3.05, 3.63) is 12.2 Å². The largest absolute Gasteiger partial charge is 0.447 e. The van der Waals surface area contributed by atoms with Crippen molar-refractivity contribution >= 4 is 71.1 Å². The van der Waals surface area contributed by atoms with Crippen molar-refractivity contribution in [1.29, 1.82) is 0 Å². The average molecular weight is 1400 g/mol. The minimum absolute atomic E-state index is 0.00153. The summed E-state index contributed by atoms with van der Waals surface area (Å²) in [6, 6.07) is -14.3. The summed E-state index contributed by atoms with van der Waals surface area (Å²) in [7, 11) is 11.3. The Bertz CT molecular complexity index is 2820. The number of aliphatic hydroxyl groups is 1. The third kappa shape index (κ3) is 22.3. The standard InChI is InChI=1S/C71H125N13O15/c1-26-28-29-45(13)59(85)58-70(96)76(19)51(27-2)65(91)75(18)49(17)64(90)81(24)57(46(14)38-98-33-32-83-30-31-84-50(37-83)39-99-71(84)97)62(88)74-55(43(9)10)68(94)77(20)52(34-40(3)4)61(87)72-47(15)60(86)73-48(16)63(89)78(21)53(35-41(5)6)66(92)79(22)54(36-42(7)8)67(93)80(23)56(44(11)12)69(95)82(58)25/h26,28,40-59,85H,27,29-39H2,1-25H3,(H,72,87)(H,73,86)(H,74,88)/b28-26+/t45-,46-,47+,48-,49-,50?,51+,52+,53+,54+,55+,56+,57+,58+,59-/m1/s1. The van der Waals surface area contributed by atoms with Gasteiger partial charge in [0.05, 0.1) is 25.4 Å². The van der Waals surface area contributed by atoms with Crippen LogP contribution in [0.25, 0.3) is 0 Å². The quantitative estimate of drug-likeness (QED) is 0.107. The lowest BCUT2D eigenvalue weighted by Gasteiger charge is -2.43. The van der Waals surface area contributed by atoms with E-state index in [1.54, 1.807) is 66.4 Å². The number of carbonyl (C=O) groups is 12. The van der Waals surface area contributed by atoms with Crippen molar-refractivity contribution in [1.82, 2.24) is 64.9 Å². The molecule has 3 aliphatic rings. The van der Waals surface area contributed by atoms with E-state index in [0.29, 0.717) is 32.6 Å². The fourth-order valence-electron chi connectivity index (χ4n) is 13.5. The molecule has 0 aromatic heterocycles. The average Bonchev–Trinajstić information content (AvgIpc) is 1.42. The molecule has 4 N–H and O–H groups in total. The maximum atomic E-state index is 15.4. The summed E-state index contributed by atoms with van der Waals surface area (Å²) in [5, 5.41) is 20.7. The number of hydrogen-bond acceptors (Lipinski definition) is 16. The molecule has 3 saturated heterocycles. The van der Waals surface area contributed by atoms with Crippen LogP contribution < -0.4 is 16.0 Å². The van der Waals surface area contributed by atoms with Crippen LogP contribution in [0, 0.1) is 41.4 Å². The predicted octanol–water partition coefficient (Wildman–Crippen LogP) is 2.74. The first kappa shape index (κ1) is 86.3. The molecule has 0 aliphatic carbocycles. The van der Waals surface area contributed by atoms with E-state index in [1.165, 1.54) is 107 Å². The van der Waals surface area contributed by atoms with E-state index in [9.17, 15) is 29.1 Å². The molecular weight excluding hydrogens is 1270 g/mol. The van der Waals surface area contributed by atoms with E-state index in [1.807, 2.05) is 47.6 Å². The highest BCUT2D eigenvalue weighted by Gasteiger charge is 2.48. The van der Waals surface area contributed by atoms with Crippen LogP contribution in [0.4, 0.5) is 4.79 Å². The first-order chi connectivity index (χ1) is 46.0. The predicted molar refractivity (Wildman–Crippen MR) is 376 cm³/mol. The lowest BCUT2D eigenvalue weighted by atomic mass is 9.91. The van der Waals surface area contributed by atoms with Crippen LogP contribution in [-0.2, 0) is 62.2 Å². The SMILES string of the molecule is C/C=C/C[C@@H](C)[C@@H](O)[C@H]1C(=O)N(C)[C@@H](CC)C(=O)N(C)[C@H](C)C(=O)N(C)[C@@H]([C@H](C)COCCN2CCN3C(=O)OCC3C2)C(=O)N[C@@H](C(C)C)C(=O)N(C)[C@@H](CC(C)C)C(=O)N[C@@H](C)C(=O)N[C@H](C)C(=O)N(C)[C@@H](CC(C)C)C(=O)N(C)[C@@H](CC(C)C)C(=O)N(C)[C@@H](C(C)C)C(=O)N1C. The first-order valence-electron chi connectivity index (χ1n) is 35.6. The fourth-order valence-corrected chi connectivity index (χ4v) is 13.5. The number of carbonyl (C=O) groups excluding carboxylic acids is 12. The molecule has 28 heteroatoms. The van der Waals surface area contributed by atoms with Crippen molar-refractivity contribution in [2.24, 2.45) is 41.4 Å². The molecule has 99 heavy (non-hydrogen) atoms. The molecule has 0 bridgehead atoms. The topological polar surface area (TPSA) is 312 Å². The summed E-state index contributed by atoms with van der Waals surface area (Å²) < 4.78 is 11.5. The lowest BCUT2D eigenvalue weighted by Crippen LogP contribution is -2.64. The van der Waals surface area contributed by atoms with Crippen molar-refractivity contribution in [2.45, 2.75) is 228 Å². The zero-order valence-corrected chi connectivity index (χ0v) is 64.3. The smallest absolute Gasteiger partial charge is 0.410 e. The Kier molecular flexibility index (Phi) is 33.8. The Morgan fingerprint density at radius 3 is 1.52 bits per heavy atom. The third-order valence-electron chi connectivity index (χ3n) is 19.9. The maximum absolute atomic E-state index is 15.4. The van der Waals surface area contributed by atoms with Crippen LogP contribution in [0.2, 0.25) is 0 Å². The number of rotatable bonds is 19. The van der Waals surface area contributed by atoms with Crippen LogP contribution in [0.15, 0.2) is 12.2 Å². The van der Waals surface area contributed by atoms with Crippen LogP contribution in [-0.4, -0.2) is 306 Å². The van der Waals surface area contributed by atoms with Gasteiger partial charge >= 0.3 is 6.09 Å². The van der Waals surface area contributed by atoms with E-state index in [2.05, 4.69) is 20.9 Å². The Hall–Kier alpha value is -6.94. The summed E-state index contributed by atoms with van der Waals surface area (Å²) in [5.74, 6) is -10.8. The van der Waals surface area contributed by atoms with Gasteiger partial charge in [0, 0.05) is 88.5 Å². The zero-order valence-electron chi connectivity index (χ0n) is 64.3. The highest BCUT2D eigenvalue weighted by molar-refractivity contribution is 6.00. The second-order valence-corrected chi connectivity index (χ2v) is 29.9. The number of likely N-dealkylation sites (N-methyl/N-ethyl adjacent to an activating group) is 8. The molecule has 3 heterocycles. The molecular formula is C71H125N13O15. The van der Waals surface area contributed by atoms with Crippen LogP contribution in [0.3, 0.4) is 0 Å². The van der Waals surface area contributed by atoms with Crippen molar-refractivity contribution in [2.75, 3.05) is 102 Å². The number of piperazine rings is 1. The number of fused-ring (bicyclic) bond motifs is 1. The number of aliphatic hydroxyl groups excluding tert-OH is 1. The minimum Gasteiger partial charge on any atom is -0.447 e. The van der Waals surface area contributed by atoms with Gasteiger partial charge in [-0.1, -0.05) is 102 Å². The van der Waals surface area contributed by atoms with Gasteiger partial charge in [-0.3, -0.25) is 62.5 Å². The summed E-state index contributed by atoms with van der Waals surface area (Å²) >= 11 is 0. The Labute approximate surface area is 590 Å². The van der Waals surface area contributed by atoms with Gasteiger partial charge in [-0.2, -0.15) is 0 Å². The molecule has 0 saturated carbocycles. The van der Waals surface area contributed by atoms with Gasteiger partial charge in [0.1, 0.15) is 73.1 Å². The van der Waals surface area contributed by atoms with Crippen molar-refractivity contribution < 1.29 is 72.1 Å². The normalized spacial score (nSPS) is 28.3. The van der Waals surface area contributed by atoms with Gasteiger partial charge in [-0.25, -0.2) is 4.79 Å². The fraction of sp³-hybridized carbons (Fsp3) is 0.803. The second kappa shape index (κ2) is 38.7. The molecule has 0 spiro atoms. The first-order valence-corrected chi connectivity index (χ1v) is 35.6. The molecule has 0 aromatic rings. The van der Waals surface area contributed by atoms with Crippen molar-refractivity contribution in [3.63, 3.8) is 0 Å². The maximum Gasteiger partial charge on any atom is 0.410 e. The third-order valence-corrected chi connectivity index (χ3v) is 19.9. The Morgan fingerprint density at radius 1 is 0.515 bits per heavy atom. The van der Waals surface area contributed by atoms with E-state index >= 15 is 33.6 Å². The number of hydrogen-bond donors (Lipinski definition) is 4. The number of cyclic esters (lactones) is 1. The Balaban J connectivity index is 2.33. The lowest BCUT2D eigenvalue weighted by molar-refractivity contribution is -0.161. The number of nitrogens with zero attached hydrogens (tertiary/aromatic N) is 10. The second-order valence-electron chi connectivity index (χ2n) is 29.9. The highest BCUT2D eigenvalue weighted by Crippen LogP contribution is 2.28. The van der Waals surface area contributed by atoms with E-state index in [4.69, 9.17) is 9.47 Å². The molecule has 28 nitrogen and oxygen atoms in total. The van der Waals surface area contributed by atoms with Gasteiger partial charge in [-0.15, -0.1) is 0 Å². The van der Waals surface area contributed by atoms with Crippen molar-refractivity contribution in [3.8, 4) is 0 Å². The molecule has 1 unspecified atom stereocenters. The van der Waals surface area contributed by atoms with Gasteiger partial charge in [-0.05, 0) is 95.3 Å². The molecule has 3 rings (SSSR count). The summed E-state index contributed by atoms with van der Waals surface area (Å²) in [4.78, 5) is 190. The number of amides is 12. The summed E-state index contributed by atoms with van der Waals surface area (Å²) in [5.41, 5.74) is 0. The number of allylic oxidation sites excluding steroid dienone is 2. The summed E-state index contributed by atoms with van der Waals surface area (Å²) in [6.07, 6.45) is 2.40. The monoisotopic (exact) mass is 1400 g/mol. The van der Waals surface area contributed by atoms with Crippen LogP contribution in [0.1, 0.15) is 150 Å². The van der Waals surface area contributed by atoms with E-state index < -0.39 is 161 Å². The number of nitrogens with one attached hydrogen (secondary N) is 3.